The van der Waals surface area contributed by atoms with Crippen LogP contribution in [0.1, 0.15) is 43.0 Å². The fraction of sp³-hybridized carbons (Fsp3) is 0.611. The first-order valence-corrected chi connectivity index (χ1v) is 9.89. The van der Waals surface area contributed by atoms with E-state index in [1.54, 1.807) is 18.3 Å². The van der Waals surface area contributed by atoms with Gasteiger partial charge in [0.15, 0.2) is 0 Å². The van der Waals surface area contributed by atoms with E-state index in [1.807, 2.05) is 16.7 Å². The molecule has 1 unspecified atom stereocenters. The standard InChI is InChI=1S/C18H26N4O2S/c1-13(17(23)21-9-2-3-10-21)25-16-15(5-4-8-20-16)18(24)22-11-6-14(19)7-12-22/h4-5,8,13-14H,2-3,6-7,9-12,19H2,1H3. The zero-order valence-electron chi connectivity index (χ0n) is 14.7. The van der Waals surface area contributed by atoms with Crippen molar-refractivity contribution in [1.29, 1.82) is 0 Å². The molecule has 2 amide bonds. The van der Waals surface area contributed by atoms with E-state index in [1.165, 1.54) is 11.8 Å². The molecule has 1 aromatic rings. The van der Waals surface area contributed by atoms with Gasteiger partial charge in [0.1, 0.15) is 5.03 Å². The number of hydrogen-bond acceptors (Lipinski definition) is 5. The summed E-state index contributed by atoms with van der Waals surface area (Å²) in [5.74, 6) is 0.124. The lowest BCUT2D eigenvalue weighted by Crippen LogP contribution is -2.43. The number of likely N-dealkylation sites (tertiary alicyclic amines) is 2. The summed E-state index contributed by atoms with van der Waals surface area (Å²) in [4.78, 5) is 33.5. The first-order chi connectivity index (χ1) is 12.1. The van der Waals surface area contributed by atoms with Crippen LogP contribution in [0, 0.1) is 0 Å². The Labute approximate surface area is 153 Å². The number of pyridine rings is 1. The van der Waals surface area contributed by atoms with E-state index in [4.69, 9.17) is 5.73 Å². The molecule has 2 saturated heterocycles. The lowest BCUT2D eigenvalue weighted by molar-refractivity contribution is -0.129. The molecule has 3 heterocycles. The van der Waals surface area contributed by atoms with E-state index < -0.39 is 0 Å². The highest BCUT2D eigenvalue weighted by atomic mass is 32.2. The van der Waals surface area contributed by atoms with Gasteiger partial charge in [0.25, 0.3) is 5.91 Å². The van der Waals surface area contributed by atoms with E-state index in [2.05, 4.69) is 4.98 Å². The highest BCUT2D eigenvalue weighted by molar-refractivity contribution is 8.00. The summed E-state index contributed by atoms with van der Waals surface area (Å²) >= 11 is 1.38. The molecule has 1 aromatic heterocycles. The summed E-state index contributed by atoms with van der Waals surface area (Å²) < 4.78 is 0. The minimum absolute atomic E-state index is 0.0108. The molecule has 0 aliphatic carbocycles. The summed E-state index contributed by atoms with van der Waals surface area (Å²) in [6.07, 6.45) is 5.50. The van der Waals surface area contributed by atoms with Crippen LogP contribution in [0.25, 0.3) is 0 Å². The molecule has 0 spiro atoms. The van der Waals surface area contributed by atoms with Gasteiger partial charge >= 0.3 is 0 Å². The molecule has 0 aromatic carbocycles. The molecule has 6 nitrogen and oxygen atoms in total. The number of piperidine rings is 1. The third-order valence-electron chi connectivity index (χ3n) is 4.88. The molecule has 7 heteroatoms. The van der Waals surface area contributed by atoms with E-state index in [0.29, 0.717) is 23.7 Å². The molecule has 25 heavy (non-hydrogen) atoms. The molecule has 2 fully saturated rings. The third-order valence-corrected chi connectivity index (χ3v) is 5.99. The second-order valence-corrected chi connectivity index (χ2v) is 8.11. The smallest absolute Gasteiger partial charge is 0.256 e. The van der Waals surface area contributed by atoms with Crippen molar-refractivity contribution >= 4 is 23.6 Å². The van der Waals surface area contributed by atoms with Crippen molar-refractivity contribution in [1.82, 2.24) is 14.8 Å². The summed E-state index contributed by atoms with van der Waals surface area (Å²) in [6, 6.07) is 3.77. The molecular formula is C18H26N4O2S. The van der Waals surface area contributed by atoms with Crippen LogP contribution in [-0.2, 0) is 4.79 Å². The zero-order chi connectivity index (χ0) is 17.8. The number of hydrogen-bond donors (Lipinski definition) is 1. The molecule has 2 N–H and O–H groups in total. The normalized spacial score (nSPS) is 19.9. The predicted molar refractivity (Wildman–Crippen MR) is 98.5 cm³/mol. The van der Waals surface area contributed by atoms with E-state index >= 15 is 0 Å². The van der Waals surface area contributed by atoms with Crippen LogP contribution in [0.2, 0.25) is 0 Å². The van der Waals surface area contributed by atoms with Crippen molar-refractivity contribution in [3.63, 3.8) is 0 Å². The maximum Gasteiger partial charge on any atom is 0.256 e. The maximum atomic E-state index is 12.9. The molecule has 0 bridgehead atoms. The van der Waals surface area contributed by atoms with Crippen molar-refractivity contribution in [3.05, 3.63) is 23.9 Å². The van der Waals surface area contributed by atoms with Crippen molar-refractivity contribution in [2.75, 3.05) is 26.2 Å². The first-order valence-electron chi connectivity index (χ1n) is 9.01. The van der Waals surface area contributed by atoms with Crippen molar-refractivity contribution in [2.24, 2.45) is 5.73 Å². The summed E-state index contributed by atoms with van der Waals surface area (Å²) in [5.41, 5.74) is 6.52. The van der Waals surface area contributed by atoms with Crippen LogP contribution in [-0.4, -0.2) is 64.1 Å². The number of thioether (sulfide) groups is 1. The van der Waals surface area contributed by atoms with Crippen LogP contribution in [0.4, 0.5) is 0 Å². The van der Waals surface area contributed by atoms with Crippen LogP contribution in [0.3, 0.4) is 0 Å². The average Bonchev–Trinajstić information content (AvgIpc) is 3.16. The molecule has 0 saturated carbocycles. The quantitative estimate of drug-likeness (QED) is 0.826. The maximum absolute atomic E-state index is 12.9. The molecule has 1 atom stereocenters. The van der Waals surface area contributed by atoms with Gasteiger partial charge in [-0.25, -0.2) is 4.98 Å². The Hall–Kier alpha value is -1.60. The number of nitrogens with two attached hydrogens (primary N) is 1. The lowest BCUT2D eigenvalue weighted by atomic mass is 10.1. The molecule has 3 rings (SSSR count). The van der Waals surface area contributed by atoms with Crippen LogP contribution >= 0.6 is 11.8 Å². The number of carbonyl (C=O) groups excluding carboxylic acids is 2. The highest BCUT2D eigenvalue weighted by Crippen LogP contribution is 2.28. The molecule has 0 radical (unpaired) electrons. The second-order valence-electron chi connectivity index (χ2n) is 6.78. The van der Waals surface area contributed by atoms with Gasteiger partial charge < -0.3 is 15.5 Å². The SMILES string of the molecule is CC(Sc1ncccc1C(=O)N1CCC(N)CC1)C(=O)N1CCCC1. The Morgan fingerprint density at radius 1 is 1.20 bits per heavy atom. The monoisotopic (exact) mass is 362 g/mol. The van der Waals surface area contributed by atoms with Gasteiger partial charge in [-0.3, -0.25) is 9.59 Å². The Morgan fingerprint density at radius 2 is 1.88 bits per heavy atom. The van der Waals surface area contributed by atoms with Crippen molar-refractivity contribution < 1.29 is 9.59 Å². The van der Waals surface area contributed by atoms with Gasteiger partial charge in [0, 0.05) is 38.4 Å². The van der Waals surface area contributed by atoms with Crippen molar-refractivity contribution in [2.45, 2.75) is 48.9 Å². The van der Waals surface area contributed by atoms with Crippen molar-refractivity contribution in [3.8, 4) is 0 Å². The van der Waals surface area contributed by atoms with Gasteiger partial charge in [0.05, 0.1) is 10.8 Å². The fourth-order valence-corrected chi connectivity index (χ4v) is 4.32. The van der Waals surface area contributed by atoms with E-state index in [-0.39, 0.29) is 23.1 Å². The number of amides is 2. The molecule has 2 aliphatic rings. The van der Waals surface area contributed by atoms with Gasteiger partial charge in [-0.15, -0.1) is 0 Å². The second kappa shape index (κ2) is 8.19. The fourth-order valence-electron chi connectivity index (χ4n) is 3.33. The largest absolute Gasteiger partial charge is 0.342 e. The summed E-state index contributed by atoms with van der Waals surface area (Å²) in [6.45, 7) is 4.94. The zero-order valence-corrected chi connectivity index (χ0v) is 15.5. The molecular weight excluding hydrogens is 336 g/mol. The van der Waals surface area contributed by atoms with Gasteiger partial charge in [-0.1, -0.05) is 11.8 Å². The lowest BCUT2D eigenvalue weighted by Gasteiger charge is -2.30. The Balaban J connectivity index is 1.70. The summed E-state index contributed by atoms with van der Waals surface area (Å²) in [7, 11) is 0. The highest BCUT2D eigenvalue weighted by Gasteiger charge is 2.28. The Bertz CT molecular complexity index is 625. The number of aromatic nitrogens is 1. The third kappa shape index (κ3) is 4.33. The van der Waals surface area contributed by atoms with E-state index in [0.717, 1.165) is 38.8 Å². The average molecular weight is 362 g/mol. The topological polar surface area (TPSA) is 79.5 Å². The first kappa shape index (κ1) is 18.2. The van der Waals surface area contributed by atoms with Crippen LogP contribution in [0.15, 0.2) is 23.4 Å². The Kier molecular flexibility index (Phi) is 5.96. The number of carbonyl (C=O) groups is 2. The van der Waals surface area contributed by atoms with Gasteiger partial charge in [0.2, 0.25) is 5.91 Å². The number of nitrogens with zero attached hydrogens (tertiary/aromatic N) is 3. The molecule has 136 valence electrons. The minimum Gasteiger partial charge on any atom is -0.342 e. The van der Waals surface area contributed by atoms with Crippen LogP contribution < -0.4 is 5.73 Å². The van der Waals surface area contributed by atoms with E-state index in [9.17, 15) is 9.59 Å². The molecule has 2 aliphatic heterocycles. The number of rotatable bonds is 4. The minimum atomic E-state index is -0.241. The van der Waals surface area contributed by atoms with Gasteiger partial charge in [-0.2, -0.15) is 0 Å². The van der Waals surface area contributed by atoms with Crippen LogP contribution in [0.5, 0.6) is 0 Å². The predicted octanol–water partition coefficient (Wildman–Crippen LogP) is 1.75. The Morgan fingerprint density at radius 3 is 2.56 bits per heavy atom. The summed E-state index contributed by atoms with van der Waals surface area (Å²) in [5, 5.41) is 0.400. The van der Waals surface area contributed by atoms with Gasteiger partial charge in [-0.05, 0) is 44.7 Å².